The van der Waals surface area contributed by atoms with E-state index in [2.05, 4.69) is 15.0 Å². The second kappa shape index (κ2) is 15.7. The lowest BCUT2D eigenvalue weighted by molar-refractivity contribution is -0.138. The fraction of sp³-hybridized carbons (Fsp3) is 0.409. The first kappa shape index (κ1) is 38.5. The Morgan fingerprint density at radius 1 is 1.11 bits per heavy atom. The van der Waals surface area contributed by atoms with Crippen molar-refractivity contribution in [1.29, 1.82) is 0 Å². The Hall–Kier alpha value is -3.72. The van der Waals surface area contributed by atoms with Gasteiger partial charge in [0.05, 0.1) is 17.5 Å². The highest BCUT2D eigenvalue weighted by atomic mass is 32.3. The smallest absolute Gasteiger partial charge is 0.339 e. The average molecular weight is 714 g/mol. The molecule has 0 bridgehead atoms. The standard InChI is InChI=1S/C15H22N6O5S.C7H6O6S.H2O4S/c1-27(3-2-7(16)15(24)25)4-8-10(22)11(23)14(26-8)21-6-20-9-12(17)18-5-19-13(9)21;8-6-2-1-4(14(11,12)13)3-5(6)7(9)10;1-5(2,3)4/h5-8,10-11,14,22-23H,2-4,16H2,1H3,(H2-,17,18,19,24,25);1-3,8H,(H,9,10)(H,11,12,13);(H2,1,2,3,4)/p-1/t7-,8+,10+,11+,14+,27?;;/m0../s1. The second-order valence-corrected chi connectivity index (χ2v) is 13.9. The maximum Gasteiger partial charge on any atom is 0.339 e. The van der Waals surface area contributed by atoms with Gasteiger partial charge < -0.3 is 50.8 Å². The molecule has 10 N–H and O–H groups in total. The van der Waals surface area contributed by atoms with Crippen molar-refractivity contribution in [3.05, 3.63) is 36.4 Å². The Bertz CT molecular complexity index is 1750. The monoisotopic (exact) mass is 713 g/mol. The van der Waals surface area contributed by atoms with Gasteiger partial charge in [-0.2, -0.15) is 8.42 Å². The summed E-state index contributed by atoms with van der Waals surface area (Å²) in [7, 11) is -9.85. The lowest BCUT2D eigenvalue weighted by Gasteiger charge is -2.16. The molecule has 1 saturated heterocycles. The van der Waals surface area contributed by atoms with Gasteiger partial charge in [0.25, 0.3) is 10.1 Å². The second-order valence-electron chi connectivity index (χ2n) is 9.38. The van der Waals surface area contributed by atoms with Crippen molar-refractivity contribution in [3.8, 4) is 5.75 Å². The number of nitrogen functional groups attached to an aromatic ring is 1. The molecule has 2 aromatic heterocycles. The summed E-state index contributed by atoms with van der Waals surface area (Å²) in [6, 6.07) is 1.55. The Morgan fingerprint density at radius 3 is 2.26 bits per heavy atom. The van der Waals surface area contributed by atoms with Gasteiger partial charge in [-0.05, 0) is 29.1 Å². The summed E-state index contributed by atoms with van der Waals surface area (Å²) in [5.41, 5.74) is 11.5. The van der Waals surface area contributed by atoms with Gasteiger partial charge in [-0.25, -0.2) is 19.7 Å². The maximum atomic E-state index is 10.8. The van der Waals surface area contributed by atoms with Gasteiger partial charge in [-0.3, -0.25) is 22.3 Å². The van der Waals surface area contributed by atoms with Gasteiger partial charge in [0.1, 0.15) is 59.0 Å². The fourth-order valence-electron chi connectivity index (χ4n) is 3.82. The maximum absolute atomic E-state index is 10.8. The molecule has 6 atom stereocenters. The van der Waals surface area contributed by atoms with Crippen LogP contribution in [0, 0.1) is 0 Å². The number of carboxylic acid groups (broad SMARTS) is 2. The molecule has 0 radical (unpaired) electrons. The number of nitrogens with two attached hydrogens (primary N) is 2. The number of aromatic carboxylic acids is 1. The minimum atomic E-state index is -5.17. The number of aliphatic hydroxyl groups is 2. The molecule has 0 saturated carbocycles. The van der Waals surface area contributed by atoms with Crippen LogP contribution in [-0.2, 0) is 40.9 Å². The van der Waals surface area contributed by atoms with Crippen molar-refractivity contribution in [1.82, 2.24) is 19.5 Å². The largest absolute Gasteiger partial charge is 0.759 e. The van der Waals surface area contributed by atoms with E-state index >= 15 is 0 Å². The number of anilines is 1. The normalized spacial score (nSPS) is 20.9. The molecule has 46 heavy (non-hydrogen) atoms. The Morgan fingerprint density at radius 2 is 1.72 bits per heavy atom. The Kier molecular flexibility index (Phi) is 13.1. The molecule has 0 aliphatic carbocycles. The van der Waals surface area contributed by atoms with E-state index in [1.807, 2.05) is 6.26 Å². The Labute approximate surface area is 263 Å². The van der Waals surface area contributed by atoms with E-state index in [-0.39, 0.29) is 16.7 Å². The number of aromatic nitrogens is 4. The molecule has 1 unspecified atom stereocenters. The van der Waals surface area contributed by atoms with Gasteiger partial charge >= 0.3 is 11.9 Å². The number of fused-ring (bicyclic) bond motifs is 1. The molecule has 0 amide bonds. The first-order valence-electron chi connectivity index (χ1n) is 12.3. The zero-order valence-corrected chi connectivity index (χ0v) is 25.9. The summed E-state index contributed by atoms with van der Waals surface area (Å²) >= 11 is 0. The van der Waals surface area contributed by atoms with Crippen molar-refractivity contribution in [2.75, 3.05) is 23.5 Å². The molecule has 1 aliphatic rings. The summed E-state index contributed by atoms with van der Waals surface area (Å²) < 4.78 is 71.3. The first-order valence-corrected chi connectivity index (χ1v) is 17.1. The number of phenols is 1. The summed E-state index contributed by atoms with van der Waals surface area (Å²) in [4.78, 5) is 32.8. The number of aromatic hydroxyl groups is 1. The molecule has 1 aromatic carbocycles. The lowest BCUT2D eigenvalue weighted by Crippen LogP contribution is -2.37. The summed E-state index contributed by atoms with van der Waals surface area (Å²) in [5, 5.41) is 47.2. The third-order valence-electron chi connectivity index (χ3n) is 6.04. The van der Waals surface area contributed by atoms with Crippen LogP contribution in [-0.4, -0.2) is 130 Å². The molecule has 24 heteroatoms. The van der Waals surface area contributed by atoms with E-state index in [4.69, 9.17) is 53.6 Å². The molecule has 4 rings (SSSR count). The van der Waals surface area contributed by atoms with Crippen molar-refractivity contribution in [2.24, 2.45) is 5.73 Å². The SMILES string of the molecule is C[S+](CC[C@H](N)C(=O)O)C[C@H]1O[C@@H](n2cnc3c(N)ncnc32)[C@H](O)[C@@H]1O.O=C(O)c1cc(S(=O)(=O)O)ccc1O.O=S(=O)([O-])[O-]. The van der Waals surface area contributed by atoms with E-state index in [1.165, 1.54) is 17.2 Å². The average Bonchev–Trinajstić information content (AvgIpc) is 3.48. The van der Waals surface area contributed by atoms with Crippen LogP contribution in [0.2, 0.25) is 0 Å². The number of benzene rings is 1. The van der Waals surface area contributed by atoms with Gasteiger partial charge in [0.2, 0.25) is 0 Å². The molecule has 3 heterocycles. The van der Waals surface area contributed by atoms with E-state index in [9.17, 15) is 28.2 Å². The minimum Gasteiger partial charge on any atom is -0.759 e. The Balaban J connectivity index is 0.000000323. The zero-order chi connectivity index (χ0) is 35.1. The number of rotatable bonds is 9. The third kappa shape index (κ3) is 11.0. The van der Waals surface area contributed by atoms with Gasteiger partial charge in [-0.15, -0.1) is 0 Å². The summed E-state index contributed by atoms with van der Waals surface area (Å²) in [5.74, 6) is -1.79. The van der Waals surface area contributed by atoms with Gasteiger partial charge in [0.15, 0.2) is 17.7 Å². The number of carboxylic acids is 2. The fourth-order valence-corrected chi connectivity index (χ4v) is 5.98. The summed E-state index contributed by atoms with van der Waals surface area (Å²) in [6.45, 7) is 0. The van der Waals surface area contributed by atoms with Crippen LogP contribution >= 0.6 is 0 Å². The summed E-state index contributed by atoms with van der Waals surface area (Å²) in [6.07, 6.45) is 1.31. The van der Waals surface area contributed by atoms with E-state index in [0.29, 0.717) is 35.2 Å². The van der Waals surface area contributed by atoms with E-state index in [1.54, 1.807) is 0 Å². The molecule has 1 fully saturated rings. The topological polar surface area (TPSA) is 375 Å². The van der Waals surface area contributed by atoms with Gasteiger partial charge in [0, 0.05) is 16.8 Å². The van der Waals surface area contributed by atoms with Crippen LogP contribution in [0.15, 0.2) is 35.7 Å². The molecule has 21 nitrogen and oxygen atoms in total. The van der Waals surface area contributed by atoms with Crippen LogP contribution in [0.4, 0.5) is 5.82 Å². The highest BCUT2D eigenvalue weighted by Crippen LogP contribution is 2.32. The highest BCUT2D eigenvalue weighted by molar-refractivity contribution is 7.96. The number of hydrogen-bond donors (Lipinski definition) is 8. The number of ether oxygens (including phenoxy) is 1. The van der Waals surface area contributed by atoms with Crippen molar-refractivity contribution in [3.63, 3.8) is 0 Å². The van der Waals surface area contributed by atoms with Crippen LogP contribution in [0.25, 0.3) is 11.2 Å². The van der Waals surface area contributed by atoms with Crippen LogP contribution < -0.4 is 11.5 Å². The van der Waals surface area contributed by atoms with E-state index in [0.717, 1.165) is 12.1 Å². The quantitative estimate of drug-likeness (QED) is 0.0625. The van der Waals surface area contributed by atoms with Crippen LogP contribution in [0.5, 0.6) is 5.75 Å². The molecule has 256 valence electrons. The molecule has 0 spiro atoms. The van der Waals surface area contributed by atoms with Crippen molar-refractivity contribution in [2.45, 2.75) is 41.9 Å². The number of hydrogen-bond acceptors (Lipinski definition) is 17. The number of imidazole rings is 1. The third-order valence-corrected chi connectivity index (χ3v) is 8.72. The number of aliphatic carboxylic acids is 1. The van der Waals surface area contributed by atoms with E-state index < -0.39 is 79.2 Å². The predicted octanol–water partition coefficient (Wildman–Crippen LogP) is -2.92. The van der Waals surface area contributed by atoms with Gasteiger partial charge in [-0.1, -0.05) is 0 Å². The van der Waals surface area contributed by atoms with Crippen molar-refractivity contribution >= 4 is 60.3 Å². The van der Waals surface area contributed by atoms with Crippen molar-refractivity contribution < 1.29 is 70.4 Å². The molecule has 3 aromatic rings. The lowest BCUT2D eigenvalue weighted by atomic mass is 10.1. The zero-order valence-electron chi connectivity index (χ0n) is 23.4. The molecule has 1 aliphatic heterocycles. The van der Waals surface area contributed by atoms with Crippen LogP contribution in [0.1, 0.15) is 23.0 Å². The number of aliphatic hydroxyl groups excluding tert-OH is 2. The first-order chi connectivity index (χ1) is 21.1. The van der Waals surface area contributed by atoms with Crippen LogP contribution in [0.3, 0.4) is 0 Å². The highest BCUT2D eigenvalue weighted by Gasteiger charge is 2.46. The predicted molar refractivity (Wildman–Crippen MR) is 154 cm³/mol. The minimum absolute atomic E-state index is 0.216. The number of nitrogens with zero attached hydrogens (tertiary/aromatic N) is 4. The number of carbonyl (C=O) groups is 2. The molecular weight excluding hydrogens is 684 g/mol. The molecular formula is C22H29N6O15S3-.